The van der Waals surface area contributed by atoms with Gasteiger partial charge in [-0.05, 0) is 40.5 Å². The summed E-state index contributed by atoms with van der Waals surface area (Å²) in [6.45, 7) is 3.37. The lowest BCUT2D eigenvalue weighted by molar-refractivity contribution is 0.0774. The summed E-state index contributed by atoms with van der Waals surface area (Å²) in [5.74, 6) is 0.0216. The minimum atomic E-state index is 0.0216. The first-order valence-electron chi connectivity index (χ1n) is 6.37. The molecule has 0 aliphatic rings. The molecule has 0 unspecified atom stereocenters. The molecule has 0 atom stereocenters. The van der Waals surface area contributed by atoms with Crippen LogP contribution in [0.3, 0.4) is 0 Å². The summed E-state index contributed by atoms with van der Waals surface area (Å²) in [5, 5.41) is 0. The van der Waals surface area contributed by atoms with Crippen LogP contribution in [-0.4, -0.2) is 22.4 Å². The average molecular weight is 400 g/mol. The fourth-order valence-electron chi connectivity index (χ4n) is 2.06. The second kappa shape index (κ2) is 6.59. The van der Waals surface area contributed by atoms with Crippen molar-refractivity contribution in [1.29, 1.82) is 0 Å². The molecule has 1 aromatic heterocycles. The maximum atomic E-state index is 12.5. The predicted octanol–water partition coefficient (Wildman–Crippen LogP) is 4.31. The van der Waals surface area contributed by atoms with Crippen LogP contribution in [0.15, 0.2) is 45.5 Å². The summed E-state index contributed by atoms with van der Waals surface area (Å²) in [7, 11) is 1.82. The highest BCUT2D eigenvalue weighted by molar-refractivity contribution is 9.10. The number of amides is 1. The number of hydrogen-bond acceptors (Lipinski definition) is 1. The topological polar surface area (TPSA) is 25.2 Å². The smallest absolute Gasteiger partial charge is 0.270 e. The summed E-state index contributed by atoms with van der Waals surface area (Å²) >= 11 is 6.93. The van der Waals surface area contributed by atoms with E-state index in [-0.39, 0.29) is 5.91 Å². The average Bonchev–Trinajstić information content (AvgIpc) is 2.81. The molecule has 0 saturated carbocycles. The van der Waals surface area contributed by atoms with E-state index in [4.69, 9.17) is 0 Å². The third-order valence-electron chi connectivity index (χ3n) is 3.14. The summed E-state index contributed by atoms with van der Waals surface area (Å²) in [6, 6.07) is 9.81. The molecular formula is C15H16Br2N2O. The van der Waals surface area contributed by atoms with Gasteiger partial charge < -0.3 is 9.47 Å². The minimum absolute atomic E-state index is 0.0216. The molecule has 106 valence electrons. The number of nitrogens with zero attached hydrogens (tertiary/aromatic N) is 2. The number of hydrogen-bond donors (Lipinski definition) is 0. The Hall–Kier alpha value is -1.07. The number of halogens is 2. The van der Waals surface area contributed by atoms with Crippen molar-refractivity contribution >= 4 is 37.8 Å². The quantitative estimate of drug-likeness (QED) is 0.752. The van der Waals surface area contributed by atoms with Crippen molar-refractivity contribution in [2.24, 2.45) is 0 Å². The normalized spacial score (nSPS) is 10.6. The Balaban J connectivity index is 2.18. The number of carbonyl (C=O) groups excluding carboxylic acids is 1. The maximum Gasteiger partial charge on any atom is 0.270 e. The van der Waals surface area contributed by atoms with Gasteiger partial charge in [-0.2, -0.15) is 0 Å². The van der Waals surface area contributed by atoms with Gasteiger partial charge in [-0.3, -0.25) is 4.79 Å². The zero-order valence-corrected chi connectivity index (χ0v) is 14.6. The van der Waals surface area contributed by atoms with E-state index in [2.05, 4.69) is 31.9 Å². The van der Waals surface area contributed by atoms with Crippen LogP contribution in [-0.2, 0) is 13.1 Å². The summed E-state index contributed by atoms with van der Waals surface area (Å²) in [5.41, 5.74) is 1.80. The molecular weight excluding hydrogens is 384 g/mol. The Morgan fingerprint density at radius 3 is 2.65 bits per heavy atom. The van der Waals surface area contributed by atoms with E-state index in [1.165, 1.54) is 0 Å². The molecule has 1 amide bonds. The fourth-order valence-corrected chi connectivity index (χ4v) is 2.94. The van der Waals surface area contributed by atoms with Gasteiger partial charge in [0.1, 0.15) is 5.69 Å². The van der Waals surface area contributed by atoms with Crippen LogP contribution in [0.5, 0.6) is 0 Å². The standard InChI is InChI=1S/C15H16Br2N2O/c1-3-19-10-12(16)8-14(19)15(20)18(2)9-11-6-4-5-7-13(11)17/h4-8,10H,3,9H2,1-2H3. The first-order chi connectivity index (χ1) is 9.52. The highest BCUT2D eigenvalue weighted by Crippen LogP contribution is 2.20. The molecule has 2 rings (SSSR count). The number of benzene rings is 1. The number of aromatic nitrogens is 1. The molecule has 2 aromatic rings. The Morgan fingerprint density at radius 2 is 2.00 bits per heavy atom. The van der Waals surface area contributed by atoms with Crippen molar-refractivity contribution in [1.82, 2.24) is 9.47 Å². The number of carbonyl (C=O) groups is 1. The Bertz CT molecular complexity index is 622. The summed E-state index contributed by atoms with van der Waals surface area (Å²) in [6.07, 6.45) is 1.93. The summed E-state index contributed by atoms with van der Waals surface area (Å²) < 4.78 is 3.90. The first kappa shape index (κ1) is 15.3. The molecule has 0 fully saturated rings. The highest BCUT2D eigenvalue weighted by atomic mass is 79.9. The van der Waals surface area contributed by atoms with Crippen LogP contribution in [0.25, 0.3) is 0 Å². The molecule has 1 heterocycles. The van der Waals surface area contributed by atoms with E-state index in [1.54, 1.807) is 4.90 Å². The fraction of sp³-hybridized carbons (Fsp3) is 0.267. The Morgan fingerprint density at radius 1 is 1.30 bits per heavy atom. The maximum absolute atomic E-state index is 12.5. The summed E-state index contributed by atoms with van der Waals surface area (Å²) in [4.78, 5) is 14.3. The van der Waals surface area contributed by atoms with E-state index >= 15 is 0 Å². The lowest BCUT2D eigenvalue weighted by Crippen LogP contribution is -2.28. The predicted molar refractivity (Wildman–Crippen MR) is 87.7 cm³/mol. The van der Waals surface area contributed by atoms with Gasteiger partial charge in [-0.15, -0.1) is 0 Å². The van der Waals surface area contributed by atoms with Gasteiger partial charge in [0.2, 0.25) is 0 Å². The number of aryl methyl sites for hydroxylation is 1. The van der Waals surface area contributed by atoms with Crippen molar-refractivity contribution in [3.05, 3.63) is 56.7 Å². The highest BCUT2D eigenvalue weighted by Gasteiger charge is 2.17. The Labute approximate surface area is 135 Å². The molecule has 0 aliphatic heterocycles. The largest absolute Gasteiger partial charge is 0.343 e. The lowest BCUT2D eigenvalue weighted by Gasteiger charge is -2.19. The van der Waals surface area contributed by atoms with Gasteiger partial charge in [0.15, 0.2) is 0 Å². The zero-order chi connectivity index (χ0) is 14.7. The van der Waals surface area contributed by atoms with Gasteiger partial charge in [0.05, 0.1) is 0 Å². The molecule has 0 saturated heterocycles. The van der Waals surface area contributed by atoms with Crippen LogP contribution in [0, 0.1) is 0 Å². The molecule has 0 N–H and O–H groups in total. The van der Waals surface area contributed by atoms with Crippen LogP contribution in [0.2, 0.25) is 0 Å². The Kier molecular flexibility index (Phi) is 5.05. The third kappa shape index (κ3) is 3.33. The first-order valence-corrected chi connectivity index (χ1v) is 7.96. The van der Waals surface area contributed by atoms with E-state index in [0.717, 1.165) is 21.1 Å². The van der Waals surface area contributed by atoms with Gasteiger partial charge in [0.25, 0.3) is 5.91 Å². The van der Waals surface area contributed by atoms with E-state index in [0.29, 0.717) is 12.2 Å². The SMILES string of the molecule is CCn1cc(Br)cc1C(=O)N(C)Cc1ccccc1Br. The van der Waals surface area contributed by atoms with Crippen molar-refractivity contribution in [3.63, 3.8) is 0 Å². The molecule has 20 heavy (non-hydrogen) atoms. The second-order valence-electron chi connectivity index (χ2n) is 4.58. The molecule has 0 radical (unpaired) electrons. The van der Waals surface area contributed by atoms with E-state index < -0.39 is 0 Å². The van der Waals surface area contributed by atoms with E-state index in [9.17, 15) is 4.79 Å². The molecule has 0 bridgehead atoms. The van der Waals surface area contributed by atoms with Gasteiger partial charge in [0, 0.05) is 35.3 Å². The van der Waals surface area contributed by atoms with Gasteiger partial charge >= 0.3 is 0 Å². The van der Waals surface area contributed by atoms with Gasteiger partial charge in [-0.1, -0.05) is 34.1 Å². The van der Waals surface area contributed by atoms with Crippen LogP contribution in [0.1, 0.15) is 23.0 Å². The molecule has 0 aliphatic carbocycles. The van der Waals surface area contributed by atoms with Crippen molar-refractivity contribution in [2.45, 2.75) is 20.0 Å². The molecule has 0 spiro atoms. The lowest BCUT2D eigenvalue weighted by atomic mass is 10.2. The van der Waals surface area contributed by atoms with E-state index in [1.807, 2.05) is 55.1 Å². The van der Waals surface area contributed by atoms with Crippen molar-refractivity contribution in [3.8, 4) is 0 Å². The van der Waals surface area contributed by atoms with Crippen molar-refractivity contribution < 1.29 is 4.79 Å². The van der Waals surface area contributed by atoms with Crippen LogP contribution < -0.4 is 0 Å². The molecule has 1 aromatic carbocycles. The molecule has 5 heteroatoms. The number of rotatable bonds is 4. The monoisotopic (exact) mass is 398 g/mol. The third-order valence-corrected chi connectivity index (χ3v) is 4.34. The second-order valence-corrected chi connectivity index (χ2v) is 6.35. The van der Waals surface area contributed by atoms with Gasteiger partial charge in [-0.25, -0.2) is 0 Å². The van der Waals surface area contributed by atoms with Crippen LogP contribution in [0.4, 0.5) is 0 Å². The zero-order valence-electron chi connectivity index (χ0n) is 11.4. The van der Waals surface area contributed by atoms with Crippen LogP contribution >= 0.6 is 31.9 Å². The minimum Gasteiger partial charge on any atom is -0.343 e. The molecule has 3 nitrogen and oxygen atoms in total. The van der Waals surface area contributed by atoms with Crippen molar-refractivity contribution in [2.75, 3.05) is 7.05 Å².